The first-order valence-corrected chi connectivity index (χ1v) is 13.5. The van der Waals surface area contributed by atoms with Gasteiger partial charge in [-0.3, -0.25) is 4.79 Å². The van der Waals surface area contributed by atoms with Crippen LogP contribution in [0.5, 0.6) is 0 Å². The number of rotatable bonds is 10. The molecule has 4 aromatic rings. The van der Waals surface area contributed by atoms with Crippen molar-refractivity contribution in [3.63, 3.8) is 0 Å². The molecule has 1 unspecified atom stereocenters. The van der Waals surface area contributed by atoms with Crippen molar-refractivity contribution in [3.8, 4) is 22.5 Å². The molecule has 0 aliphatic heterocycles. The van der Waals surface area contributed by atoms with E-state index in [-0.39, 0.29) is 5.97 Å². The predicted octanol–water partition coefficient (Wildman–Crippen LogP) is 7.54. The zero-order valence-electron chi connectivity index (χ0n) is 22.7. The third kappa shape index (κ3) is 5.10. The molecule has 5 rings (SSSR count). The van der Waals surface area contributed by atoms with Crippen LogP contribution < -0.4 is 4.90 Å². The second-order valence-corrected chi connectivity index (χ2v) is 10.4. The summed E-state index contributed by atoms with van der Waals surface area (Å²) in [4.78, 5) is 14.7. The Balaban J connectivity index is 1.29. The van der Waals surface area contributed by atoms with Crippen molar-refractivity contribution in [2.75, 3.05) is 25.1 Å². The number of nitrogens with zero attached hydrogens (tertiary/aromatic N) is 2. The largest absolute Gasteiger partial charge is 0.465 e. The summed E-state index contributed by atoms with van der Waals surface area (Å²) in [6.07, 6.45) is 2.76. The molecule has 1 heterocycles. The number of benzene rings is 3. The van der Waals surface area contributed by atoms with Gasteiger partial charge in [-0.2, -0.15) is 0 Å². The molecule has 38 heavy (non-hydrogen) atoms. The Labute approximate surface area is 225 Å². The quantitative estimate of drug-likeness (QED) is 0.207. The van der Waals surface area contributed by atoms with E-state index >= 15 is 0 Å². The lowest BCUT2D eigenvalue weighted by atomic mass is 9.93. The lowest BCUT2D eigenvalue weighted by Crippen LogP contribution is -2.23. The van der Waals surface area contributed by atoms with Crippen LogP contribution in [0.2, 0.25) is 0 Å². The van der Waals surface area contributed by atoms with Gasteiger partial charge in [0.1, 0.15) is 11.4 Å². The molecule has 5 heteroatoms. The monoisotopic (exact) mass is 508 g/mol. The van der Waals surface area contributed by atoms with Crippen LogP contribution in [-0.4, -0.2) is 31.3 Å². The van der Waals surface area contributed by atoms with Gasteiger partial charge in [0.05, 0.1) is 12.0 Å². The zero-order chi connectivity index (χ0) is 26.7. The average molecular weight is 509 g/mol. The molecule has 0 radical (unpaired) electrons. The van der Waals surface area contributed by atoms with E-state index in [2.05, 4.69) is 103 Å². The topological polar surface area (TPSA) is 55.6 Å². The summed E-state index contributed by atoms with van der Waals surface area (Å²) in [5.41, 5.74) is 7.13. The maximum absolute atomic E-state index is 12.4. The fourth-order valence-corrected chi connectivity index (χ4v) is 5.25. The van der Waals surface area contributed by atoms with Crippen molar-refractivity contribution in [1.82, 2.24) is 5.16 Å². The molecule has 1 aromatic heterocycles. The molecule has 0 bridgehead atoms. The van der Waals surface area contributed by atoms with Crippen molar-refractivity contribution >= 4 is 11.7 Å². The summed E-state index contributed by atoms with van der Waals surface area (Å²) < 4.78 is 11.1. The van der Waals surface area contributed by atoms with Gasteiger partial charge in [-0.15, -0.1) is 0 Å². The van der Waals surface area contributed by atoms with Gasteiger partial charge in [-0.25, -0.2) is 0 Å². The molecule has 5 nitrogen and oxygen atoms in total. The minimum Gasteiger partial charge on any atom is -0.465 e. The van der Waals surface area contributed by atoms with E-state index in [1.165, 1.54) is 5.56 Å². The fourth-order valence-electron chi connectivity index (χ4n) is 5.25. The molecule has 1 aliphatic carbocycles. The zero-order valence-corrected chi connectivity index (χ0v) is 22.7. The highest BCUT2D eigenvalue weighted by atomic mass is 16.5. The second kappa shape index (κ2) is 10.9. The highest BCUT2D eigenvalue weighted by molar-refractivity contribution is 5.87. The second-order valence-electron chi connectivity index (χ2n) is 10.4. The minimum absolute atomic E-state index is 0.102. The number of aryl methyl sites for hydroxylation is 1. The summed E-state index contributed by atoms with van der Waals surface area (Å²) in [7, 11) is 2.11. The molecule has 1 fully saturated rings. The van der Waals surface area contributed by atoms with E-state index < -0.39 is 5.41 Å². The molecule has 1 aliphatic rings. The summed E-state index contributed by atoms with van der Waals surface area (Å²) in [5, 5.41) is 4.29. The number of hydrogen-bond acceptors (Lipinski definition) is 5. The number of aromatic nitrogens is 1. The molecule has 3 aromatic carbocycles. The van der Waals surface area contributed by atoms with Crippen LogP contribution in [0.25, 0.3) is 22.5 Å². The summed E-state index contributed by atoms with van der Waals surface area (Å²) in [6, 6.07) is 27.4. The summed E-state index contributed by atoms with van der Waals surface area (Å²) >= 11 is 0. The van der Waals surface area contributed by atoms with Crippen molar-refractivity contribution in [2.24, 2.45) is 0 Å². The highest BCUT2D eigenvalue weighted by Crippen LogP contribution is 2.49. The van der Waals surface area contributed by atoms with Crippen LogP contribution in [-0.2, 0) is 14.9 Å². The van der Waals surface area contributed by atoms with Gasteiger partial charge in [0.15, 0.2) is 5.76 Å². The van der Waals surface area contributed by atoms with Gasteiger partial charge >= 0.3 is 5.97 Å². The maximum Gasteiger partial charge on any atom is 0.316 e. The van der Waals surface area contributed by atoms with Gasteiger partial charge in [-0.05, 0) is 61.3 Å². The van der Waals surface area contributed by atoms with Crippen molar-refractivity contribution in [2.45, 2.75) is 51.4 Å². The van der Waals surface area contributed by atoms with Crippen molar-refractivity contribution in [1.29, 1.82) is 0 Å². The number of carbonyl (C=O) groups excluding carboxylic acids is 1. The first-order valence-electron chi connectivity index (χ1n) is 13.5. The molecule has 0 spiro atoms. The van der Waals surface area contributed by atoms with Crippen LogP contribution in [0.1, 0.15) is 55.8 Å². The first kappa shape index (κ1) is 25.8. The van der Waals surface area contributed by atoms with E-state index in [1.54, 1.807) is 0 Å². The van der Waals surface area contributed by atoms with E-state index in [4.69, 9.17) is 9.26 Å². The number of esters is 1. The Bertz CT molecular complexity index is 1370. The first-order chi connectivity index (χ1) is 18.4. The molecule has 0 N–H and O–H groups in total. The Hall–Kier alpha value is -3.86. The Kier molecular flexibility index (Phi) is 7.37. The van der Waals surface area contributed by atoms with Crippen molar-refractivity contribution in [3.05, 3.63) is 95.7 Å². The van der Waals surface area contributed by atoms with Gasteiger partial charge < -0.3 is 14.2 Å². The highest BCUT2D eigenvalue weighted by Gasteiger charge is 2.52. The normalized spacial score (nSPS) is 14.6. The predicted molar refractivity (Wildman–Crippen MR) is 152 cm³/mol. The smallest absolute Gasteiger partial charge is 0.316 e. The summed E-state index contributed by atoms with van der Waals surface area (Å²) in [5.74, 6) is 1.17. The van der Waals surface area contributed by atoms with Gasteiger partial charge in [0.25, 0.3) is 0 Å². The molecule has 1 saturated carbocycles. The molecule has 0 amide bonds. The SMILES string of the molecule is CCOC(=O)C1(c2ccc(-c3ccc(-c4onc(C)c4N(C)CCC(C)c4ccccc4)cc3)cc2)CC1. The van der Waals surface area contributed by atoms with Crippen LogP contribution in [0, 0.1) is 6.92 Å². The van der Waals surface area contributed by atoms with Crippen molar-refractivity contribution < 1.29 is 14.1 Å². The van der Waals surface area contributed by atoms with Gasteiger partial charge in [0, 0.05) is 19.2 Å². The molecular formula is C33H36N2O3. The van der Waals surface area contributed by atoms with E-state index in [9.17, 15) is 4.79 Å². The number of anilines is 1. The Morgan fingerprint density at radius 1 is 0.974 bits per heavy atom. The number of carbonyl (C=O) groups is 1. The Morgan fingerprint density at radius 3 is 2.18 bits per heavy atom. The third-order valence-corrected chi connectivity index (χ3v) is 7.81. The molecule has 0 saturated heterocycles. The van der Waals surface area contributed by atoms with Gasteiger partial charge in [0.2, 0.25) is 0 Å². The van der Waals surface area contributed by atoms with E-state index in [0.29, 0.717) is 12.5 Å². The van der Waals surface area contributed by atoms with E-state index in [0.717, 1.165) is 65.2 Å². The number of hydrogen-bond donors (Lipinski definition) is 0. The third-order valence-electron chi connectivity index (χ3n) is 7.81. The molecule has 196 valence electrons. The lowest BCUT2D eigenvalue weighted by molar-refractivity contribution is -0.146. The fraction of sp³-hybridized carbons (Fsp3) is 0.333. The van der Waals surface area contributed by atoms with Crippen LogP contribution in [0.15, 0.2) is 83.4 Å². The lowest BCUT2D eigenvalue weighted by Gasteiger charge is -2.22. The standard InChI is InChI=1S/C33H36N2O3/c1-5-37-32(36)33(20-21-33)29-17-15-27(16-18-29)26-11-13-28(14-12-26)31-30(24(3)34-38-31)35(4)22-19-23(2)25-9-7-6-8-10-25/h6-18,23H,5,19-22H2,1-4H3. The molecular weight excluding hydrogens is 472 g/mol. The van der Waals surface area contributed by atoms with Crippen LogP contribution >= 0.6 is 0 Å². The minimum atomic E-state index is -0.441. The average Bonchev–Trinajstić information content (AvgIpc) is 3.68. The van der Waals surface area contributed by atoms with E-state index in [1.807, 2.05) is 13.8 Å². The van der Waals surface area contributed by atoms with Crippen LogP contribution in [0.3, 0.4) is 0 Å². The van der Waals surface area contributed by atoms with Gasteiger partial charge in [-0.1, -0.05) is 90.9 Å². The summed E-state index contributed by atoms with van der Waals surface area (Å²) in [6.45, 7) is 7.45. The van der Waals surface area contributed by atoms with Crippen LogP contribution in [0.4, 0.5) is 5.69 Å². The maximum atomic E-state index is 12.4. The molecule has 1 atom stereocenters. The Morgan fingerprint density at radius 2 is 1.58 bits per heavy atom. The number of ether oxygens (including phenoxy) is 1.